The van der Waals surface area contributed by atoms with Crippen molar-refractivity contribution in [3.63, 3.8) is 0 Å². The highest BCUT2D eigenvalue weighted by molar-refractivity contribution is 5.69. The molecule has 0 saturated heterocycles. The zero-order valence-electron chi connectivity index (χ0n) is 12.9. The third-order valence-electron chi connectivity index (χ3n) is 2.97. The second-order valence-electron chi connectivity index (χ2n) is 4.79. The summed E-state index contributed by atoms with van der Waals surface area (Å²) in [5.41, 5.74) is 0.973. The van der Waals surface area contributed by atoms with Crippen LogP contribution in [-0.2, 0) is 16.1 Å². The Morgan fingerprint density at radius 3 is 2.65 bits per heavy atom. The normalized spacial score (nSPS) is 10.3. The van der Waals surface area contributed by atoms with Gasteiger partial charge >= 0.3 is 5.97 Å². The van der Waals surface area contributed by atoms with Crippen LogP contribution < -0.4 is 10.1 Å². The van der Waals surface area contributed by atoms with E-state index in [9.17, 15) is 9.18 Å². The highest BCUT2D eigenvalue weighted by Crippen LogP contribution is 2.19. The van der Waals surface area contributed by atoms with Crippen LogP contribution in [0.2, 0.25) is 0 Å². The zero-order valence-corrected chi connectivity index (χ0v) is 12.9. The summed E-state index contributed by atoms with van der Waals surface area (Å²) in [5.74, 6) is 0.446. The van der Waals surface area contributed by atoms with Crippen molar-refractivity contribution < 1.29 is 18.7 Å². The van der Waals surface area contributed by atoms with Gasteiger partial charge in [0.2, 0.25) is 5.88 Å². The van der Waals surface area contributed by atoms with E-state index < -0.39 is 0 Å². The Morgan fingerprint density at radius 2 is 2.00 bits per heavy atom. The number of esters is 1. The van der Waals surface area contributed by atoms with Gasteiger partial charge in [0.05, 0.1) is 13.0 Å². The summed E-state index contributed by atoms with van der Waals surface area (Å²) in [4.78, 5) is 15.4. The van der Waals surface area contributed by atoms with Crippen molar-refractivity contribution in [3.8, 4) is 11.6 Å². The summed E-state index contributed by atoms with van der Waals surface area (Å²) in [6.45, 7) is 3.33. The minimum atomic E-state index is -0.311. The number of ether oxygens (including phenoxy) is 2. The van der Waals surface area contributed by atoms with Gasteiger partial charge in [-0.2, -0.15) is 0 Å². The van der Waals surface area contributed by atoms with Gasteiger partial charge in [0.15, 0.2) is 0 Å². The first-order chi connectivity index (χ1) is 11.2. The van der Waals surface area contributed by atoms with Gasteiger partial charge in [0, 0.05) is 25.4 Å². The molecular weight excluding hydrogens is 299 g/mol. The minimum absolute atomic E-state index is 0.207. The van der Waals surface area contributed by atoms with Crippen LogP contribution in [0.15, 0.2) is 42.6 Å². The fraction of sp³-hybridized carbons (Fsp3) is 0.294. The van der Waals surface area contributed by atoms with Crippen LogP contribution >= 0.6 is 0 Å². The Kier molecular flexibility index (Phi) is 6.50. The molecule has 2 aromatic rings. The van der Waals surface area contributed by atoms with Gasteiger partial charge < -0.3 is 14.8 Å². The molecule has 6 heteroatoms. The van der Waals surface area contributed by atoms with Crippen LogP contribution in [0.5, 0.6) is 11.6 Å². The summed E-state index contributed by atoms with van der Waals surface area (Å²) in [7, 11) is 0. The van der Waals surface area contributed by atoms with Crippen molar-refractivity contribution in [3.05, 3.63) is 54.0 Å². The van der Waals surface area contributed by atoms with Gasteiger partial charge in [-0.15, -0.1) is 0 Å². The molecule has 0 spiro atoms. The molecule has 122 valence electrons. The number of aromatic nitrogens is 1. The largest absolute Gasteiger partial charge is 0.466 e. The van der Waals surface area contributed by atoms with Crippen LogP contribution in [0.25, 0.3) is 0 Å². The van der Waals surface area contributed by atoms with E-state index in [0.717, 1.165) is 5.56 Å². The monoisotopic (exact) mass is 318 g/mol. The number of hydrogen-bond donors (Lipinski definition) is 1. The Morgan fingerprint density at radius 1 is 1.22 bits per heavy atom. The molecule has 0 aliphatic rings. The van der Waals surface area contributed by atoms with Crippen molar-refractivity contribution in [1.82, 2.24) is 10.3 Å². The van der Waals surface area contributed by atoms with Gasteiger partial charge in [-0.25, -0.2) is 9.37 Å². The molecule has 5 nitrogen and oxygen atoms in total. The molecule has 1 heterocycles. The predicted octanol–water partition coefficient (Wildman–Crippen LogP) is 3.06. The summed E-state index contributed by atoms with van der Waals surface area (Å²) >= 11 is 0. The summed E-state index contributed by atoms with van der Waals surface area (Å²) < 4.78 is 23.2. The van der Waals surface area contributed by atoms with E-state index in [2.05, 4.69) is 10.3 Å². The maximum Gasteiger partial charge on any atom is 0.307 e. The number of benzene rings is 1. The summed E-state index contributed by atoms with van der Waals surface area (Å²) in [6.07, 6.45) is 2.03. The molecule has 0 bridgehead atoms. The number of halogens is 1. The zero-order chi connectivity index (χ0) is 16.5. The van der Waals surface area contributed by atoms with E-state index >= 15 is 0 Å². The summed E-state index contributed by atoms with van der Waals surface area (Å²) in [6, 6.07) is 9.37. The molecule has 1 aromatic carbocycles. The van der Waals surface area contributed by atoms with Gasteiger partial charge in [-0.05, 0) is 36.8 Å². The number of nitrogens with one attached hydrogen (secondary N) is 1. The second kappa shape index (κ2) is 8.85. The van der Waals surface area contributed by atoms with E-state index in [0.29, 0.717) is 37.7 Å². The number of carbonyl (C=O) groups excluding carboxylic acids is 1. The molecule has 0 amide bonds. The smallest absolute Gasteiger partial charge is 0.307 e. The lowest BCUT2D eigenvalue weighted by atomic mass is 10.3. The van der Waals surface area contributed by atoms with Crippen LogP contribution in [0.1, 0.15) is 18.9 Å². The maximum absolute atomic E-state index is 12.8. The van der Waals surface area contributed by atoms with Crippen molar-refractivity contribution in [2.75, 3.05) is 13.2 Å². The second-order valence-corrected chi connectivity index (χ2v) is 4.79. The molecule has 0 unspecified atom stereocenters. The van der Waals surface area contributed by atoms with Crippen LogP contribution in [-0.4, -0.2) is 24.1 Å². The molecule has 23 heavy (non-hydrogen) atoms. The lowest BCUT2D eigenvalue weighted by Gasteiger charge is -2.07. The quantitative estimate of drug-likeness (QED) is 0.599. The van der Waals surface area contributed by atoms with E-state index in [1.807, 2.05) is 6.07 Å². The van der Waals surface area contributed by atoms with Crippen molar-refractivity contribution in [2.24, 2.45) is 0 Å². The fourth-order valence-corrected chi connectivity index (χ4v) is 1.86. The molecule has 2 rings (SSSR count). The Bertz CT molecular complexity index is 615. The van der Waals surface area contributed by atoms with Crippen molar-refractivity contribution >= 4 is 5.97 Å². The molecule has 0 aliphatic heterocycles. The van der Waals surface area contributed by atoms with Crippen LogP contribution in [0.4, 0.5) is 4.39 Å². The SMILES string of the molecule is CCOC(=O)CCNCc1ccc(Oc2ccc(F)cc2)nc1. The topological polar surface area (TPSA) is 60.5 Å². The van der Waals surface area contributed by atoms with Gasteiger partial charge in [0.25, 0.3) is 0 Å². The van der Waals surface area contributed by atoms with Gasteiger partial charge in [-0.1, -0.05) is 6.07 Å². The lowest BCUT2D eigenvalue weighted by Crippen LogP contribution is -2.19. The molecular formula is C17H19FN2O3. The molecule has 0 saturated carbocycles. The Hall–Kier alpha value is -2.47. The maximum atomic E-state index is 12.8. The van der Waals surface area contributed by atoms with Crippen LogP contribution in [0, 0.1) is 5.82 Å². The number of carbonyl (C=O) groups is 1. The Balaban J connectivity index is 1.76. The first-order valence-corrected chi connectivity index (χ1v) is 7.42. The van der Waals surface area contributed by atoms with E-state index in [4.69, 9.17) is 9.47 Å². The number of hydrogen-bond acceptors (Lipinski definition) is 5. The first kappa shape index (κ1) is 16.9. The summed E-state index contributed by atoms with van der Waals surface area (Å²) in [5, 5.41) is 3.14. The lowest BCUT2D eigenvalue weighted by molar-refractivity contribution is -0.142. The number of rotatable bonds is 8. The standard InChI is InChI=1S/C17H19FN2O3/c1-2-22-17(21)9-10-19-11-13-3-8-16(20-12-13)23-15-6-4-14(18)5-7-15/h3-8,12,19H,2,9-11H2,1H3. The highest BCUT2D eigenvalue weighted by Gasteiger charge is 2.02. The van der Waals surface area contributed by atoms with Crippen LogP contribution in [0.3, 0.4) is 0 Å². The Labute approximate surface area is 134 Å². The number of pyridine rings is 1. The van der Waals surface area contributed by atoms with Crippen molar-refractivity contribution in [2.45, 2.75) is 19.9 Å². The molecule has 0 radical (unpaired) electrons. The van der Waals surface area contributed by atoms with E-state index in [-0.39, 0.29) is 11.8 Å². The third kappa shape index (κ3) is 6.04. The van der Waals surface area contributed by atoms with Gasteiger partial charge in [0.1, 0.15) is 11.6 Å². The minimum Gasteiger partial charge on any atom is -0.466 e. The highest BCUT2D eigenvalue weighted by atomic mass is 19.1. The average molecular weight is 318 g/mol. The molecule has 1 aromatic heterocycles. The van der Waals surface area contributed by atoms with Crippen molar-refractivity contribution in [1.29, 1.82) is 0 Å². The molecule has 0 aliphatic carbocycles. The molecule has 0 fully saturated rings. The number of nitrogens with zero attached hydrogens (tertiary/aromatic N) is 1. The molecule has 0 atom stereocenters. The average Bonchev–Trinajstić information content (AvgIpc) is 2.55. The third-order valence-corrected chi connectivity index (χ3v) is 2.97. The van der Waals surface area contributed by atoms with Gasteiger partial charge in [-0.3, -0.25) is 4.79 Å². The van der Waals surface area contributed by atoms with E-state index in [1.165, 1.54) is 12.1 Å². The predicted molar refractivity (Wildman–Crippen MR) is 83.7 cm³/mol. The van der Waals surface area contributed by atoms with E-state index in [1.54, 1.807) is 31.3 Å². The first-order valence-electron chi connectivity index (χ1n) is 7.42. The molecule has 1 N–H and O–H groups in total. The fourth-order valence-electron chi connectivity index (χ4n) is 1.86.